The highest BCUT2D eigenvalue weighted by atomic mass is 16.1. The zero-order valence-corrected chi connectivity index (χ0v) is 16.8. The van der Waals surface area contributed by atoms with E-state index in [1.807, 2.05) is 24.6 Å². The Morgan fingerprint density at radius 2 is 2.11 bits per heavy atom. The number of para-hydroxylation sites is 1. The molecule has 148 valence electrons. The number of carbonyl (C=O) groups is 1. The molecule has 0 aliphatic carbocycles. The van der Waals surface area contributed by atoms with E-state index in [0.29, 0.717) is 31.7 Å². The highest BCUT2D eigenvalue weighted by Crippen LogP contribution is 2.23. The van der Waals surface area contributed by atoms with Gasteiger partial charge in [-0.3, -0.25) is 9.48 Å². The van der Waals surface area contributed by atoms with Crippen molar-refractivity contribution in [2.24, 2.45) is 5.92 Å². The van der Waals surface area contributed by atoms with E-state index in [4.69, 9.17) is 5.26 Å². The van der Waals surface area contributed by atoms with Gasteiger partial charge in [-0.1, -0.05) is 18.2 Å². The Bertz CT molecular complexity index is 837. The molecule has 2 heterocycles. The van der Waals surface area contributed by atoms with Crippen LogP contribution in [0.2, 0.25) is 0 Å². The van der Waals surface area contributed by atoms with Gasteiger partial charge in [0.25, 0.3) is 0 Å². The van der Waals surface area contributed by atoms with Crippen LogP contribution >= 0.6 is 0 Å². The van der Waals surface area contributed by atoms with Crippen molar-refractivity contribution in [1.29, 1.82) is 5.26 Å². The highest BCUT2D eigenvalue weighted by molar-refractivity contribution is 5.76. The molecule has 1 amide bonds. The molecule has 1 saturated heterocycles. The van der Waals surface area contributed by atoms with Crippen molar-refractivity contribution in [3.8, 4) is 6.07 Å². The van der Waals surface area contributed by atoms with E-state index in [2.05, 4.69) is 45.7 Å². The fraction of sp³-hybridized carbons (Fsp3) is 0.500. The molecule has 1 atom stereocenters. The SMILES string of the molecule is Cc1nn(CCC#N)c(C)c1CCC(=O)NCC1CCN(c2ccccc2)C1. The van der Waals surface area contributed by atoms with Gasteiger partial charge in [-0.25, -0.2) is 0 Å². The zero-order chi connectivity index (χ0) is 19.9. The van der Waals surface area contributed by atoms with E-state index in [1.54, 1.807) is 0 Å². The van der Waals surface area contributed by atoms with Gasteiger partial charge in [0.1, 0.15) is 0 Å². The number of aromatic nitrogens is 2. The molecule has 6 nitrogen and oxygen atoms in total. The van der Waals surface area contributed by atoms with Gasteiger partial charge in [-0.15, -0.1) is 0 Å². The molecule has 1 aromatic carbocycles. The molecule has 0 saturated carbocycles. The average molecular weight is 380 g/mol. The van der Waals surface area contributed by atoms with Gasteiger partial charge < -0.3 is 10.2 Å². The minimum Gasteiger partial charge on any atom is -0.371 e. The fourth-order valence-electron chi connectivity index (χ4n) is 3.93. The number of aryl methyl sites for hydroxylation is 2. The number of hydrogen-bond acceptors (Lipinski definition) is 4. The summed E-state index contributed by atoms with van der Waals surface area (Å²) in [5, 5.41) is 16.4. The van der Waals surface area contributed by atoms with Gasteiger partial charge in [0, 0.05) is 37.4 Å². The Hall–Kier alpha value is -2.81. The number of rotatable bonds is 8. The topological polar surface area (TPSA) is 73.9 Å². The van der Waals surface area contributed by atoms with Gasteiger partial charge in [0.15, 0.2) is 0 Å². The second-order valence-electron chi connectivity index (χ2n) is 7.52. The van der Waals surface area contributed by atoms with Crippen molar-refractivity contribution in [3.63, 3.8) is 0 Å². The average Bonchev–Trinajstić information content (AvgIpc) is 3.29. The molecule has 6 heteroatoms. The number of amides is 1. The minimum absolute atomic E-state index is 0.0988. The maximum Gasteiger partial charge on any atom is 0.220 e. The van der Waals surface area contributed by atoms with Gasteiger partial charge in [0.05, 0.1) is 24.7 Å². The monoisotopic (exact) mass is 379 g/mol. The largest absolute Gasteiger partial charge is 0.371 e. The van der Waals surface area contributed by atoms with Crippen molar-refractivity contribution in [2.45, 2.75) is 46.1 Å². The fourth-order valence-corrected chi connectivity index (χ4v) is 3.93. The molecule has 1 unspecified atom stereocenters. The van der Waals surface area contributed by atoms with Crippen molar-refractivity contribution in [2.75, 3.05) is 24.5 Å². The lowest BCUT2D eigenvalue weighted by Crippen LogP contribution is -2.31. The van der Waals surface area contributed by atoms with Crippen LogP contribution in [0.4, 0.5) is 5.69 Å². The second-order valence-corrected chi connectivity index (χ2v) is 7.52. The molecule has 0 radical (unpaired) electrons. The van der Waals surface area contributed by atoms with Crippen LogP contribution in [0, 0.1) is 31.1 Å². The first-order valence-electron chi connectivity index (χ1n) is 10.0. The van der Waals surface area contributed by atoms with E-state index in [9.17, 15) is 4.79 Å². The number of hydrogen-bond donors (Lipinski definition) is 1. The summed E-state index contributed by atoms with van der Waals surface area (Å²) < 4.78 is 1.88. The van der Waals surface area contributed by atoms with E-state index in [1.165, 1.54) is 5.69 Å². The lowest BCUT2D eigenvalue weighted by molar-refractivity contribution is -0.121. The quantitative estimate of drug-likeness (QED) is 0.765. The van der Waals surface area contributed by atoms with Crippen molar-refractivity contribution < 1.29 is 4.79 Å². The van der Waals surface area contributed by atoms with Crippen molar-refractivity contribution >= 4 is 11.6 Å². The Balaban J connectivity index is 1.43. The number of anilines is 1. The van der Waals surface area contributed by atoms with Gasteiger partial charge in [0.2, 0.25) is 5.91 Å². The number of nitriles is 1. The third kappa shape index (κ3) is 4.92. The summed E-state index contributed by atoms with van der Waals surface area (Å²) in [4.78, 5) is 14.7. The minimum atomic E-state index is 0.0988. The summed E-state index contributed by atoms with van der Waals surface area (Å²) in [6.45, 7) is 7.37. The number of benzene rings is 1. The lowest BCUT2D eigenvalue weighted by Gasteiger charge is -2.18. The predicted molar refractivity (Wildman–Crippen MR) is 110 cm³/mol. The molecule has 1 aliphatic heterocycles. The van der Waals surface area contributed by atoms with Crippen LogP contribution in [-0.2, 0) is 17.8 Å². The van der Waals surface area contributed by atoms with Gasteiger partial charge in [-0.05, 0) is 50.3 Å². The molecule has 1 N–H and O–H groups in total. The van der Waals surface area contributed by atoms with E-state index in [-0.39, 0.29) is 5.91 Å². The smallest absolute Gasteiger partial charge is 0.220 e. The first kappa shape index (κ1) is 19.9. The van der Waals surface area contributed by atoms with Gasteiger partial charge in [-0.2, -0.15) is 10.4 Å². The van der Waals surface area contributed by atoms with Crippen LogP contribution < -0.4 is 10.2 Å². The van der Waals surface area contributed by atoms with Crippen molar-refractivity contribution in [3.05, 3.63) is 47.3 Å². The van der Waals surface area contributed by atoms with Crippen LogP contribution in [0.5, 0.6) is 0 Å². The van der Waals surface area contributed by atoms with Crippen molar-refractivity contribution in [1.82, 2.24) is 15.1 Å². The molecule has 0 bridgehead atoms. The molecule has 0 spiro atoms. The summed E-state index contributed by atoms with van der Waals surface area (Å²) in [6.07, 6.45) is 2.72. The number of nitrogens with zero attached hydrogens (tertiary/aromatic N) is 4. The molecule has 1 aliphatic rings. The van der Waals surface area contributed by atoms with Crippen LogP contribution in [0.3, 0.4) is 0 Å². The van der Waals surface area contributed by atoms with Crippen LogP contribution in [0.25, 0.3) is 0 Å². The number of nitrogens with one attached hydrogen (secondary N) is 1. The Kier molecular flexibility index (Phi) is 6.70. The Labute approximate surface area is 167 Å². The van der Waals surface area contributed by atoms with E-state index >= 15 is 0 Å². The third-order valence-electron chi connectivity index (χ3n) is 5.56. The summed E-state index contributed by atoms with van der Waals surface area (Å²) in [6, 6.07) is 12.6. The molecule has 1 fully saturated rings. The molecule has 2 aromatic rings. The first-order chi connectivity index (χ1) is 13.6. The second kappa shape index (κ2) is 9.41. The van der Waals surface area contributed by atoms with Crippen LogP contribution in [0.15, 0.2) is 30.3 Å². The van der Waals surface area contributed by atoms with Crippen LogP contribution in [0.1, 0.15) is 36.2 Å². The molecule has 1 aromatic heterocycles. The van der Waals surface area contributed by atoms with Gasteiger partial charge >= 0.3 is 0 Å². The summed E-state index contributed by atoms with van der Waals surface area (Å²) in [7, 11) is 0. The molecule has 3 rings (SSSR count). The Morgan fingerprint density at radius 1 is 1.32 bits per heavy atom. The summed E-state index contributed by atoms with van der Waals surface area (Å²) >= 11 is 0. The lowest BCUT2D eigenvalue weighted by atomic mass is 10.1. The predicted octanol–water partition coefficient (Wildman–Crippen LogP) is 2.99. The van der Waals surface area contributed by atoms with Crippen LogP contribution in [-0.4, -0.2) is 35.3 Å². The molecular formula is C22H29N5O. The third-order valence-corrected chi connectivity index (χ3v) is 5.56. The summed E-state index contributed by atoms with van der Waals surface area (Å²) in [5.41, 5.74) is 4.41. The first-order valence-corrected chi connectivity index (χ1v) is 10.0. The molecular weight excluding hydrogens is 350 g/mol. The standard InChI is InChI=1S/C22H29N5O/c1-17-21(18(2)27(25-17)13-6-12-23)9-10-22(28)24-15-19-11-14-26(16-19)20-7-4-3-5-8-20/h3-5,7-8,19H,6,9-11,13-16H2,1-2H3,(H,24,28). The van der Waals surface area contributed by atoms with E-state index in [0.717, 1.165) is 43.0 Å². The zero-order valence-electron chi connectivity index (χ0n) is 16.8. The number of carbonyl (C=O) groups excluding carboxylic acids is 1. The maximum atomic E-state index is 12.3. The molecule has 28 heavy (non-hydrogen) atoms. The Morgan fingerprint density at radius 3 is 2.86 bits per heavy atom. The van der Waals surface area contributed by atoms with E-state index < -0.39 is 0 Å². The highest BCUT2D eigenvalue weighted by Gasteiger charge is 2.23. The summed E-state index contributed by atoms with van der Waals surface area (Å²) in [5.74, 6) is 0.600. The normalized spacial score (nSPS) is 16.2. The maximum absolute atomic E-state index is 12.3.